The van der Waals surface area contributed by atoms with Gasteiger partial charge in [0, 0.05) is 17.2 Å². The molecule has 0 amide bonds. The summed E-state index contributed by atoms with van der Waals surface area (Å²) in [5.74, 6) is 5.48. The molecular weight excluding hydrogens is 296 g/mol. The third-order valence-corrected chi connectivity index (χ3v) is 3.77. The normalized spacial score (nSPS) is 11.2. The predicted octanol–water partition coefficient (Wildman–Crippen LogP) is 4.79. The Bertz CT molecular complexity index is 823. The molecule has 0 saturated heterocycles. The monoisotopic (exact) mass is 318 g/mol. The van der Waals surface area contributed by atoms with Crippen LogP contribution in [0.25, 0.3) is 6.08 Å². The van der Waals surface area contributed by atoms with Crippen molar-refractivity contribution in [2.45, 2.75) is 33.1 Å². The maximum absolute atomic E-state index is 10.5. The van der Waals surface area contributed by atoms with E-state index in [1.165, 1.54) is 5.56 Å². The van der Waals surface area contributed by atoms with E-state index in [0.717, 1.165) is 28.3 Å². The number of aliphatic carboxylic acids is 1. The maximum Gasteiger partial charge on any atom is 0.328 e. The number of aryl methyl sites for hydroxylation is 1. The van der Waals surface area contributed by atoms with Crippen molar-refractivity contribution in [3.05, 3.63) is 76.4 Å². The lowest BCUT2D eigenvalue weighted by molar-refractivity contribution is -0.131. The minimum Gasteiger partial charge on any atom is -0.478 e. The van der Waals surface area contributed by atoms with E-state index in [-0.39, 0.29) is 5.41 Å². The number of hydrogen-bond acceptors (Lipinski definition) is 1. The van der Waals surface area contributed by atoms with E-state index in [2.05, 4.69) is 57.7 Å². The zero-order valence-electron chi connectivity index (χ0n) is 14.6. The molecule has 2 heteroatoms. The lowest BCUT2D eigenvalue weighted by Gasteiger charge is -2.19. The highest BCUT2D eigenvalue weighted by molar-refractivity contribution is 5.85. The van der Waals surface area contributed by atoms with Crippen molar-refractivity contribution in [1.82, 2.24) is 0 Å². The smallest absolute Gasteiger partial charge is 0.328 e. The van der Waals surface area contributed by atoms with Gasteiger partial charge >= 0.3 is 5.97 Å². The quantitative estimate of drug-likeness (QED) is 0.638. The van der Waals surface area contributed by atoms with E-state index >= 15 is 0 Å². The van der Waals surface area contributed by atoms with Crippen molar-refractivity contribution in [2.75, 3.05) is 0 Å². The van der Waals surface area contributed by atoms with Gasteiger partial charge in [-0.3, -0.25) is 0 Å². The van der Waals surface area contributed by atoms with Gasteiger partial charge < -0.3 is 5.11 Å². The lowest BCUT2D eigenvalue weighted by Crippen LogP contribution is -2.11. The fraction of sp³-hybridized carbons (Fsp3) is 0.227. The van der Waals surface area contributed by atoms with E-state index in [1.54, 1.807) is 6.08 Å². The Morgan fingerprint density at radius 1 is 1.04 bits per heavy atom. The van der Waals surface area contributed by atoms with E-state index < -0.39 is 5.97 Å². The third-order valence-electron chi connectivity index (χ3n) is 3.77. The fourth-order valence-corrected chi connectivity index (χ4v) is 2.21. The molecule has 0 aliphatic heterocycles. The van der Waals surface area contributed by atoms with Crippen LogP contribution in [-0.2, 0) is 10.2 Å². The molecule has 0 saturated carbocycles. The second-order valence-corrected chi connectivity index (χ2v) is 6.82. The van der Waals surface area contributed by atoms with Crippen molar-refractivity contribution in [2.24, 2.45) is 0 Å². The van der Waals surface area contributed by atoms with Gasteiger partial charge in [-0.2, -0.15) is 0 Å². The van der Waals surface area contributed by atoms with Gasteiger partial charge in [-0.05, 0) is 53.3 Å². The highest BCUT2D eigenvalue weighted by atomic mass is 16.4. The molecule has 2 aromatic carbocycles. The van der Waals surface area contributed by atoms with Gasteiger partial charge in [-0.1, -0.05) is 56.9 Å². The molecule has 24 heavy (non-hydrogen) atoms. The first kappa shape index (κ1) is 17.6. The predicted molar refractivity (Wildman–Crippen MR) is 99.0 cm³/mol. The molecule has 0 aliphatic rings. The molecule has 0 radical (unpaired) electrons. The summed E-state index contributed by atoms with van der Waals surface area (Å²) >= 11 is 0. The van der Waals surface area contributed by atoms with Crippen LogP contribution in [0.2, 0.25) is 0 Å². The van der Waals surface area contributed by atoms with E-state index in [0.29, 0.717) is 0 Å². The minimum absolute atomic E-state index is 0.0995. The van der Waals surface area contributed by atoms with Crippen molar-refractivity contribution < 1.29 is 9.90 Å². The van der Waals surface area contributed by atoms with Crippen LogP contribution in [0, 0.1) is 18.8 Å². The largest absolute Gasteiger partial charge is 0.478 e. The first-order valence-corrected chi connectivity index (χ1v) is 7.90. The summed E-state index contributed by atoms with van der Waals surface area (Å²) in [6.45, 7) is 8.64. The van der Waals surface area contributed by atoms with Gasteiger partial charge in [-0.15, -0.1) is 0 Å². The Morgan fingerprint density at radius 3 is 2.29 bits per heavy atom. The third kappa shape index (κ3) is 4.86. The zero-order chi connectivity index (χ0) is 17.7. The van der Waals surface area contributed by atoms with Crippen molar-refractivity contribution >= 4 is 12.0 Å². The molecule has 2 rings (SSSR count). The molecule has 1 N–H and O–H groups in total. The van der Waals surface area contributed by atoms with Gasteiger partial charge in [0.05, 0.1) is 0 Å². The summed E-state index contributed by atoms with van der Waals surface area (Å²) in [7, 11) is 0. The first-order valence-electron chi connectivity index (χ1n) is 7.90. The minimum atomic E-state index is -0.951. The Balaban J connectivity index is 2.25. The summed E-state index contributed by atoms with van der Waals surface area (Å²) in [5, 5.41) is 8.64. The Hall–Kier alpha value is -2.79. The van der Waals surface area contributed by atoms with Crippen LogP contribution in [-0.4, -0.2) is 11.1 Å². The summed E-state index contributed by atoms with van der Waals surface area (Å²) in [6.07, 6.45) is 2.69. The zero-order valence-corrected chi connectivity index (χ0v) is 14.6. The van der Waals surface area contributed by atoms with Crippen LogP contribution in [0.15, 0.2) is 48.5 Å². The molecular formula is C22H22O2. The van der Waals surface area contributed by atoms with Crippen LogP contribution in [0.5, 0.6) is 0 Å². The second-order valence-electron chi connectivity index (χ2n) is 6.82. The van der Waals surface area contributed by atoms with Crippen molar-refractivity contribution in [1.29, 1.82) is 0 Å². The molecule has 0 spiro atoms. The van der Waals surface area contributed by atoms with Crippen molar-refractivity contribution in [3.63, 3.8) is 0 Å². The lowest BCUT2D eigenvalue weighted by atomic mass is 9.85. The van der Waals surface area contributed by atoms with Crippen LogP contribution in [0.1, 0.15) is 48.6 Å². The average molecular weight is 318 g/mol. The second kappa shape index (κ2) is 7.19. The molecule has 0 aromatic heterocycles. The summed E-state index contributed by atoms with van der Waals surface area (Å²) in [4.78, 5) is 10.5. The molecule has 0 fully saturated rings. The Morgan fingerprint density at radius 2 is 1.71 bits per heavy atom. The maximum atomic E-state index is 10.5. The molecule has 0 unspecified atom stereocenters. The number of carbonyl (C=O) groups is 1. The number of hydrogen-bond donors (Lipinski definition) is 1. The summed E-state index contributed by atoms with van der Waals surface area (Å²) in [6, 6.07) is 14.0. The standard InChI is InChI=1S/C22H22O2/c1-16-5-13-20(22(2,3)4)15-19(16)12-10-17-6-8-18(9-7-17)11-14-21(23)24/h5-9,11,13-15H,1-4H3,(H,23,24)/b14-11+. The van der Waals surface area contributed by atoms with E-state index in [9.17, 15) is 4.79 Å². The van der Waals surface area contributed by atoms with Gasteiger partial charge in [0.15, 0.2) is 0 Å². The topological polar surface area (TPSA) is 37.3 Å². The molecule has 0 bridgehead atoms. The van der Waals surface area contributed by atoms with Gasteiger partial charge in [-0.25, -0.2) is 4.79 Å². The van der Waals surface area contributed by atoms with Crippen LogP contribution in [0.3, 0.4) is 0 Å². The SMILES string of the molecule is Cc1ccc(C(C)(C)C)cc1C#Cc1ccc(/C=C/C(=O)O)cc1. The van der Waals surface area contributed by atoms with E-state index in [4.69, 9.17) is 5.11 Å². The number of carboxylic acid groups (broad SMARTS) is 1. The van der Waals surface area contributed by atoms with Crippen LogP contribution < -0.4 is 0 Å². The van der Waals surface area contributed by atoms with Gasteiger partial charge in [0.1, 0.15) is 0 Å². The van der Waals surface area contributed by atoms with Gasteiger partial charge in [0.2, 0.25) is 0 Å². The molecule has 0 aliphatic carbocycles. The van der Waals surface area contributed by atoms with E-state index in [1.807, 2.05) is 24.3 Å². The summed E-state index contributed by atoms with van der Waals surface area (Å²) in [5.41, 5.74) is 5.32. The molecule has 2 aromatic rings. The molecule has 0 atom stereocenters. The highest BCUT2D eigenvalue weighted by Crippen LogP contribution is 2.24. The number of rotatable bonds is 2. The first-order chi connectivity index (χ1) is 11.3. The molecule has 122 valence electrons. The summed E-state index contributed by atoms with van der Waals surface area (Å²) < 4.78 is 0. The average Bonchev–Trinajstić information content (AvgIpc) is 2.52. The Labute approximate surface area is 143 Å². The fourth-order valence-electron chi connectivity index (χ4n) is 2.21. The van der Waals surface area contributed by atoms with Gasteiger partial charge in [0.25, 0.3) is 0 Å². The van der Waals surface area contributed by atoms with Crippen molar-refractivity contribution in [3.8, 4) is 11.8 Å². The Kier molecular flexibility index (Phi) is 5.26. The van der Waals surface area contributed by atoms with Crippen LogP contribution in [0.4, 0.5) is 0 Å². The van der Waals surface area contributed by atoms with Crippen LogP contribution >= 0.6 is 0 Å². The number of benzene rings is 2. The number of carboxylic acids is 1. The molecule has 2 nitrogen and oxygen atoms in total. The molecule has 0 heterocycles. The highest BCUT2D eigenvalue weighted by Gasteiger charge is 2.14.